The number of aromatic nitrogens is 5. The molecule has 8 heteroatoms. The molecule has 0 aromatic carbocycles. The van der Waals surface area contributed by atoms with Gasteiger partial charge in [0, 0.05) is 26.1 Å². The third-order valence-corrected chi connectivity index (χ3v) is 2.31. The molecular formula is C10H12N6O2. The monoisotopic (exact) mass is 248 g/mol. The van der Waals surface area contributed by atoms with Gasteiger partial charge in [0.15, 0.2) is 0 Å². The van der Waals surface area contributed by atoms with Crippen LogP contribution >= 0.6 is 0 Å². The molecule has 0 fully saturated rings. The Balaban J connectivity index is 1.91. The molecule has 0 unspecified atom stereocenters. The smallest absolute Gasteiger partial charge is 0.271 e. The first-order valence-corrected chi connectivity index (χ1v) is 5.33. The van der Waals surface area contributed by atoms with Crippen LogP contribution in [0.5, 0.6) is 0 Å². The largest absolute Gasteiger partial charge is 0.350 e. The average Bonchev–Trinajstić information content (AvgIpc) is 2.85. The van der Waals surface area contributed by atoms with Crippen molar-refractivity contribution < 1.29 is 4.79 Å². The summed E-state index contributed by atoms with van der Waals surface area (Å²) in [5.74, 6) is 0.369. The average molecular weight is 248 g/mol. The Morgan fingerprint density at radius 3 is 3.00 bits per heavy atom. The van der Waals surface area contributed by atoms with Gasteiger partial charge in [0.25, 0.3) is 11.5 Å². The highest BCUT2D eigenvalue weighted by Gasteiger charge is 2.08. The first-order chi connectivity index (χ1) is 8.66. The summed E-state index contributed by atoms with van der Waals surface area (Å²) in [5, 5.41) is 12.9. The number of aryl methyl sites for hydroxylation is 1. The van der Waals surface area contributed by atoms with E-state index in [2.05, 4.69) is 25.6 Å². The minimum atomic E-state index is -0.329. The highest BCUT2D eigenvalue weighted by Crippen LogP contribution is 1.91. The van der Waals surface area contributed by atoms with E-state index in [0.29, 0.717) is 18.8 Å². The number of rotatable bonds is 4. The minimum Gasteiger partial charge on any atom is -0.350 e. The molecule has 2 aromatic rings. The third-order valence-electron chi connectivity index (χ3n) is 2.31. The maximum Gasteiger partial charge on any atom is 0.271 e. The van der Waals surface area contributed by atoms with Gasteiger partial charge in [-0.3, -0.25) is 14.7 Å². The maximum atomic E-state index is 11.7. The summed E-state index contributed by atoms with van der Waals surface area (Å²) in [6.07, 6.45) is 1.96. The summed E-state index contributed by atoms with van der Waals surface area (Å²) < 4.78 is 1.12. The molecule has 94 valence electrons. The Morgan fingerprint density at radius 1 is 1.50 bits per heavy atom. The SMILES string of the molecule is Cn1nc(C(=O)NCCc2ncn[nH]2)ccc1=O. The van der Waals surface area contributed by atoms with Gasteiger partial charge in [-0.05, 0) is 6.07 Å². The fourth-order valence-electron chi connectivity index (χ4n) is 1.36. The van der Waals surface area contributed by atoms with Crippen LogP contribution in [0.25, 0.3) is 0 Å². The first-order valence-electron chi connectivity index (χ1n) is 5.33. The lowest BCUT2D eigenvalue weighted by Crippen LogP contribution is -2.29. The Hall–Kier alpha value is -2.51. The normalized spacial score (nSPS) is 10.3. The highest BCUT2D eigenvalue weighted by molar-refractivity contribution is 5.91. The summed E-state index contributed by atoms with van der Waals surface area (Å²) in [4.78, 5) is 26.7. The van der Waals surface area contributed by atoms with Crippen LogP contribution in [-0.4, -0.2) is 37.4 Å². The molecule has 2 heterocycles. The lowest BCUT2D eigenvalue weighted by Gasteiger charge is -2.04. The van der Waals surface area contributed by atoms with Crippen molar-refractivity contribution in [1.82, 2.24) is 30.3 Å². The van der Waals surface area contributed by atoms with Crippen LogP contribution in [0, 0.1) is 0 Å². The van der Waals surface area contributed by atoms with E-state index in [9.17, 15) is 9.59 Å². The van der Waals surface area contributed by atoms with Crippen LogP contribution in [0.15, 0.2) is 23.3 Å². The molecule has 18 heavy (non-hydrogen) atoms. The van der Waals surface area contributed by atoms with E-state index in [1.807, 2.05) is 0 Å². The highest BCUT2D eigenvalue weighted by atomic mass is 16.2. The van der Waals surface area contributed by atoms with Gasteiger partial charge >= 0.3 is 0 Å². The number of hydrogen-bond acceptors (Lipinski definition) is 5. The zero-order valence-corrected chi connectivity index (χ0v) is 9.75. The molecular weight excluding hydrogens is 236 g/mol. The van der Waals surface area contributed by atoms with Crippen molar-refractivity contribution in [2.75, 3.05) is 6.54 Å². The topological polar surface area (TPSA) is 106 Å². The van der Waals surface area contributed by atoms with Gasteiger partial charge < -0.3 is 5.32 Å². The molecule has 2 rings (SSSR count). The zero-order valence-electron chi connectivity index (χ0n) is 9.75. The molecule has 0 saturated heterocycles. The minimum absolute atomic E-state index is 0.203. The molecule has 2 N–H and O–H groups in total. The van der Waals surface area contributed by atoms with Crippen LogP contribution in [0.2, 0.25) is 0 Å². The van der Waals surface area contributed by atoms with Crippen molar-refractivity contribution in [3.63, 3.8) is 0 Å². The zero-order chi connectivity index (χ0) is 13.0. The van der Waals surface area contributed by atoms with E-state index < -0.39 is 0 Å². The van der Waals surface area contributed by atoms with Crippen LogP contribution in [0.3, 0.4) is 0 Å². The molecule has 0 aliphatic rings. The number of nitrogens with zero attached hydrogens (tertiary/aromatic N) is 4. The third kappa shape index (κ3) is 2.78. The van der Waals surface area contributed by atoms with Gasteiger partial charge in [-0.1, -0.05) is 0 Å². The summed E-state index contributed by atoms with van der Waals surface area (Å²) in [5.41, 5.74) is -0.0529. The number of hydrogen-bond donors (Lipinski definition) is 2. The van der Waals surface area contributed by atoms with Gasteiger partial charge in [0.05, 0.1) is 0 Å². The summed E-state index contributed by atoms with van der Waals surface area (Å²) >= 11 is 0. The van der Waals surface area contributed by atoms with Crippen molar-refractivity contribution in [3.8, 4) is 0 Å². The number of amides is 1. The van der Waals surface area contributed by atoms with Crippen LogP contribution in [0.1, 0.15) is 16.3 Å². The molecule has 0 saturated carbocycles. The molecule has 1 amide bonds. The Labute approximate surface area is 102 Å². The second-order valence-corrected chi connectivity index (χ2v) is 3.62. The molecule has 0 aliphatic heterocycles. The predicted octanol–water partition coefficient (Wildman–Crippen LogP) is -1.13. The van der Waals surface area contributed by atoms with Crippen molar-refractivity contribution in [3.05, 3.63) is 40.3 Å². The van der Waals surface area contributed by atoms with Crippen LogP contribution < -0.4 is 10.9 Å². The Morgan fingerprint density at radius 2 is 2.33 bits per heavy atom. The van der Waals surface area contributed by atoms with Crippen molar-refractivity contribution >= 4 is 5.91 Å². The standard InChI is InChI=1S/C10H12N6O2/c1-16-9(17)3-2-7(15-16)10(18)11-5-4-8-12-6-13-14-8/h2-3,6H,4-5H2,1H3,(H,11,18)(H,12,13,14). The second kappa shape index (κ2) is 5.21. The van der Waals surface area contributed by atoms with E-state index in [0.717, 1.165) is 4.68 Å². The van der Waals surface area contributed by atoms with E-state index in [4.69, 9.17) is 0 Å². The summed E-state index contributed by atoms with van der Waals surface area (Å²) in [7, 11) is 1.49. The number of carbonyl (C=O) groups excluding carboxylic acids is 1. The predicted molar refractivity (Wildman–Crippen MR) is 61.9 cm³/mol. The van der Waals surface area contributed by atoms with Gasteiger partial charge in [-0.25, -0.2) is 9.67 Å². The van der Waals surface area contributed by atoms with E-state index in [1.165, 1.54) is 25.5 Å². The maximum absolute atomic E-state index is 11.7. The number of H-pyrrole nitrogens is 1. The number of nitrogens with one attached hydrogen (secondary N) is 2. The number of carbonyl (C=O) groups is 1. The Kier molecular flexibility index (Phi) is 3.46. The fourth-order valence-corrected chi connectivity index (χ4v) is 1.36. The van der Waals surface area contributed by atoms with Crippen molar-refractivity contribution in [2.24, 2.45) is 7.05 Å². The summed E-state index contributed by atoms with van der Waals surface area (Å²) in [6, 6.07) is 2.70. The summed E-state index contributed by atoms with van der Waals surface area (Å²) in [6.45, 7) is 0.415. The molecule has 2 aromatic heterocycles. The number of aromatic amines is 1. The molecule has 0 aliphatic carbocycles. The van der Waals surface area contributed by atoms with Crippen molar-refractivity contribution in [1.29, 1.82) is 0 Å². The van der Waals surface area contributed by atoms with Crippen molar-refractivity contribution in [2.45, 2.75) is 6.42 Å². The molecule has 0 radical (unpaired) electrons. The van der Waals surface area contributed by atoms with Gasteiger partial charge in [-0.2, -0.15) is 10.2 Å². The quantitative estimate of drug-likeness (QED) is 0.712. The lowest BCUT2D eigenvalue weighted by atomic mass is 10.3. The van der Waals surface area contributed by atoms with Gasteiger partial charge in [0.2, 0.25) is 0 Å². The lowest BCUT2D eigenvalue weighted by molar-refractivity contribution is 0.0946. The fraction of sp³-hybridized carbons (Fsp3) is 0.300. The Bertz CT molecular complexity index is 589. The van der Waals surface area contributed by atoms with Crippen LogP contribution in [-0.2, 0) is 13.5 Å². The second-order valence-electron chi connectivity index (χ2n) is 3.62. The van der Waals surface area contributed by atoms with E-state index in [-0.39, 0.29) is 17.2 Å². The molecule has 0 spiro atoms. The molecule has 0 atom stereocenters. The van der Waals surface area contributed by atoms with Gasteiger partial charge in [0.1, 0.15) is 17.8 Å². The van der Waals surface area contributed by atoms with E-state index in [1.54, 1.807) is 0 Å². The molecule has 8 nitrogen and oxygen atoms in total. The first kappa shape index (κ1) is 12.0. The van der Waals surface area contributed by atoms with Crippen LogP contribution in [0.4, 0.5) is 0 Å². The molecule has 0 bridgehead atoms. The van der Waals surface area contributed by atoms with Gasteiger partial charge in [-0.15, -0.1) is 0 Å². The van der Waals surface area contributed by atoms with E-state index >= 15 is 0 Å².